The van der Waals surface area contributed by atoms with Crippen LogP contribution in [-0.4, -0.2) is 48.4 Å². The smallest absolute Gasteiger partial charge is 0.320 e. The van der Waals surface area contributed by atoms with Crippen LogP contribution in [0.1, 0.15) is 6.92 Å². The molecule has 2 aromatic carbocycles. The van der Waals surface area contributed by atoms with E-state index in [9.17, 15) is 14.3 Å². The third-order valence-corrected chi connectivity index (χ3v) is 4.24. The highest BCUT2D eigenvalue weighted by Gasteiger charge is 2.23. The molecule has 2 amide bonds. The van der Waals surface area contributed by atoms with E-state index in [0.29, 0.717) is 37.6 Å². The van der Waals surface area contributed by atoms with Crippen LogP contribution in [0.5, 0.6) is 11.5 Å². The van der Waals surface area contributed by atoms with Gasteiger partial charge in [0.2, 0.25) is 0 Å². The van der Waals surface area contributed by atoms with Gasteiger partial charge in [-0.15, -0.1) is 0 Å². The Balaban J connectivity index is 1.49. The van der Waals surface area contributed by atoms with E-state index in [2.05, 4.69) is 5.32 Å². The van der Waals surface area contributed by atoms with Crippen LogP contribution in [0.4, 0.5) is 14.9 Å². The number of urea groups is 1. The van der Waals surface area contributed by atoms with Gasteiger partial charge in [-0.05, 0) is 43.3 Å². The minimum Gasteiger partial charge on any atom is -0.508 e. The molecular weight excluding hydrogens is 337 g/mol. The number of halogens is 1. The number of ether oxygens (including phenoxy) is 1. The molecule has 0 aromatic heterocycles. The lowest BCUT2D eigenvalue weighted by Crippen LogP contribution is -2.54. The van der Waals surface area contributed by atoms with Crippen LogP contribution in [-0.2, 0) is 0 Å². The highest BCUT2D eigenvalue weighted by molar-refractivity contribution is 5.74. The molecule has 0 saturated carbocycles. The molecule has 1 saturated heterocycles. The predicted molar refractivity (Wildman–Crippen MR) is 96.9 cm³/mol. The van der Waals surface area contributed by atoms with E-state index in [1.807, 2.05) is 4.90 Å². The minimum atomic E-state index is -0.517. The third kappa shape index (κ3) is 4.36. The summed E-state index contributed by atoms with van der Waals surface area (Å²) in [5, 5.41) is 12.1. The van der Waals surface area contributed by atoms with Gasteiger partial charge in [-0.1, -0.05) is 12.1 Å². The van der Waals surface area contributed by atoms with Crippen LogP contribution in [0, 0.1) is 5.82 Å². The third-order valence-electron chi connectivity index (χ3n) is 4.24. The molecule has 6 nitrogen and oxygen atoms in total. The standard InChI is InChI=1S/C19H22FN3O3/c1-14(26-16-8-6-15(24)7-9-16)21-19(25)23-12-10-22(11-13-23)18-5-3-2-4-17(18)20/h2-9,14,24H,10-13H2,1H3,(H,21,25). The van der Waals surface area contributed by atoms with Crippen molar-refractivity contribution in [3.8, 4) is 11.5 Å². The zero-order valence-electron chi connectivity index (χ0n) is 14.6. The SMILES string of the molecule is CC(NC(=O)N1CCN(c2ccccc2F)CC1)Oc1ccc(O)cc1. The van der Waals surface area contributed by atoms with Gasteiger partial charge >= 0.3 is 6.03 Å². The second kappa shape index (κ2) is 7.95. The van der Waals surface area contributed by atoms with E-state index in [-0.39, 0.29) is 17.6 Å². The summed E-state index contributed by atoms with van der Waals surface area (Å²) in [6.07, 6.45) is -0.517. The van der Waals surface area contributed by atoms with Gasteiger partial charge in [0.1, 0.15) is 17.3 Å². The Morgan fingerprint density at radius 2 is 1.77 bits per heavy atom. The number of carbonyl (C=O) groups excluding carboxylic acids is 1. The summed E-state index contributed by atoms with van der Waals surface area (Å²) in [6, 6.07) is 12.7. The van der Waals surface area contributed by atoms with Gasteiger partial charge in [0, 0.05) is 26.2 Å². The van der Waals surface area contributed by atoms with Gasteiger partial charge in [-0.2, -0.15) is 0 Å². The monoisotopic (exact) mass is 359 g/mol. The number of nitrogens with zero attached hydrogens (tertiary/aromatic N) is 2. The first-order valence-electron chi connectivity index (χ1n) is 8.53. The number of piperazine rings is 1. The van der Waals surface area contributed by atoms with Gasteiger partial charge in [0.25, 0.3) is 0 Å². The van der Waals surface area contributed by atoms with Crippen LogP contribution in [0.15, 0.2) is 48.5 Å². The molecule has 2 aromatic rings. The molecule has 1 unspecified atom stereocenters. The number of carbonyl (C=O) groups is 1. The molecule has 1 fully saturated rings. The fourth-order valence-electron chi connectivity index (χ4n) is 2.88. The molecule has 0 bridgehead atoms. The number of amides is 2. The first kappa shape index (κ1) is 17.8. The first-order valence-corrected chi connectivity index (χ1v) is 8.53. The number of nitrogens with one attached hydrogen (secondary N) is 1. The van der Waals surface area contributed by atoms with Gasteiger partial charge in [0.05, 0.1) is 5.69 Å². The van der Waals surface area contributed by atoms with E-state index < -0.39 is 6.23 Å². The molecule has 26 heavy (non-hydrogen) atoms. The molecule has 7 heteroatoms. The van der Waals surface area contributed by atoms with Crippen molar-refractivity contribution < 1.29 is 19.0 Å². The lowest BCUT2D eigenvalue weighted by Gasteiger charge is -2.36. The molecule has 0 spiro atoms. The second-order valence-electron chi connectivity index (χ2n) is 6.13. The fourth-order valence-corrected chi connectivity index (χ4v) is 2.88. The lowest BCUT2D eigenvalue weighted by atomic mass is 10.2. The molecule has 138 valence electrons. The summed E-state index contributed by atoms with van der Waals surface area (Å²) in [5.41, 5.74) is 0.566. The van der Waals surface area contributed by atoms with E-state index >= 15 is 0 Å². The minimum absolute atomic E-state index is 0.154. The van der Waals surface area contributed by atoms with E-state index in [1.54, 1.807) is 42.2 Å². The number of hydrogen-bond acceptors (Lipinski definition) is 4. The number of aromatic hydroxyl groups is 1. The van der Waals surface area contributed by atoms with Crippen LogP contribution in [0.3, 0.4) is 0 Å². The largest absolute Gasteiger partial charge is 0.508 e. The number of rotatable bonds is 4. The van der Waals surface area contributed by atoms with Crippen molar-refractivity contribution in [2.24, 2.45) is 0 Å². The van der Waals surface area contributed by atoms with Gasteiger partial charge in [0.15, 0.2) is 6.23 Å². The summed E-state index contributed by atoms with van der Waals surface area (Å²) in [5.74, 6) is 0.461. The Labute approximate surface area is 151 Å². The van der Waals surface area contributed by atoms with Crippen molar-refractivity contribution in [2.45, 2.75) is 13.2 Å². The molecular formula is C19H22FN3O3. The van der Waals surface area contributed by atoms with Crippen molar-refractivity contribution in [3.63, 3.8) is 0 Å². The Morgan fingerprint density at radius 1 is 1.12 bits per heavy atom. The maximum absolute atomic E-state index is 13.9. The van der Waals surface area contributed by atoms with E-state index in [0.717, 1.165) is 0 Å². The van der Waals surface area contributed by atoms with Crippen molar-refractivity contribution in [1.82, 2.24) is 10.2 Å². The molecule has 1 heterocycles. The molecule has 2 N–H and O–H groups in total. The van der Waals surface area contributed by atoms with Crippen LogP contribution < -0.4 is 15.0 Å². The number of hydrogen-bond donors (Lipinski definition) is 2. The summed E-state index contributed by atoms with van der Waals surface area (Å²) in [7, 11) is 0. The molecule has 1 atom stereocenters. The van der Waals surface area contributed by atoms with Crippen molar-refractivity contribution >= 4 is 11.7 Å². The zero-order chi connectivity index (χ0) is 18.5. The average molecular weight is 359 g/mol. The lowest BCUT2D eigenvalue weighted by molar-refractivity contribution is 0.151. The number of anilines is 1. The first-order chi connectivity index (χ1) is 12.5. The number of phenolic OH excluding ortho intramolecular Hbond substituents is 1. The van der Waals surface area contributed by atoms with E-state index in [1.165, 1.54) is 18.2 Å². The Morgan fingerprint density at radius 3 is 2.42 bits per heavy atom. The summed E-state index contributed by atoms with van der Waals surface area (Å²) >= 11 is 0. The predicted octanol–water partition coefficient (Wildman–Crippen LogP) is 2.79. The van der Waals surface area contributed by atoms with Crippen molar-refractivity contribution in [3.05, 3.63) is 54.3 Å². The highest BCUT2D eigenvalue weighted by atomic mass is 19.1. The fraction of sp³-hybridized carbons (Fsp3) is 0.316. The second-order valence-corrected chi connectivity index (χ2v) is 6.13. The Kier molecular flexibility index (Phi) is 5.46. The topological polar surface area (TPSA) is 65.0 Å². The molecule has 1 aliphatic rings. The van der Waals surface area contributed by atoms with Crippen molar-refractivity contribution in [2.75, 3.05) is 31.1 Å². The maximum Gasteiger partial charge on any atom is 0.320 e. The zero-order valence-corrected chi connectivity index (χ0v) is 14.6. The van der Waals surface area contributed by atoms with E-state index in [4.69, 9.17) is 4.74 Å². The normalized spacial score (nSPS) is 15.5. The number of benzene rings is 2. The van der Waals surface area contributed by atoms with Gasteiger partial charge in [-0.25, -0.2) is 9.18 Å². The summed E-state index contributed by atoms with van der Waals surface area (Å²) in [6.45, 7) is 3.89. The van der Waals surface area contributed by atoms with Crippen LogP contribution in [0.25, 0.3) is 0 Å². The van der Waals surface area contributed by atoms with Crippen LogP contribution >= 0.6 is 0 Å². The number of para-hydroxylation sites is 1. The summed E-state index contributed by atoms with van der Waals surface area (Å²) in [4.78, 5) is 16.0. The van der Waals surface area contributed by atoms with Gasteiger partial charge in [-0.3, -0.25) is 0 Å². The highest BCUT2D eigenvalue weighted by Crippen LogP contribution is 2.20. The molecule has 0 radical (unpaired) electrons. The number of phenols is 1. The van der Waals surface area contributed by atoms with Gasteiger partial charge < -0.3 is 25.0 Å². The maximum atomic E-state index is 13.9. The molecule has 3 rings (SSSR count). The Bertz CT molecular complexity index is 746. The molecule has 1 aliphatic heterocycles. The van der Waals surface area contributed by atoms with Crippen LogP contribution in [0.2, 0.25) is 0 Å². The average Bonchev–Trinajstić information content (AvgIpc) is 2.64. The van der Waals surface area contributed by atoms with Crippen molar-refractivity contribution in [1.29, 1.82) is 0 Å². The molecule has 0 aliphatic carbocycles. The summed E-state index contributed by atoms with van der Waals surface area (Å²) < 4.78 is 19.5. The Hall–Kier alpha value is -2.96. The quantitative estimate of drug-likeness (QED) is 0.824.